The van der Waals surface area contributed by atoms with Gasteiger partial charge in [0.25, 0.3) is 11.8 Å². The molecule has 1 aliphatic heterocycles. The van der Waals surface area contributed by atoms with Gasteiger partial charge >= 0.3 is 0 Å². The van der Waals surface area contributed by atoms with Crippen molar-refractivity contribution in [3.05, 3.63) is 112 Å². The van der Waals surface area contributed by atoms with Crippen molar-refractivity contribution in [2.24, 2.45) is 0 Å². The van der Waals surface area contributed by atoms with Gasteiger partial charge < -0.3 is 14.6 Å². The van der Waals surface area contributed by atoms with Gasteiger partial charge in [0.15, 0.2) is 0 Å². The van der Waals surface area contributed by atoms with Crippen LogP contribution in [-0.4, -0.2) is 23.3 Å². The summed E-state index contributed by atoms with van der Waals surface area (Å²) in [6.45, 7) is 5.08. The molecule has 0 atom stereocenters. The minimum Gasteiger partial charge on any atom is -0.461 e. The van der Waals surface area contributed by atoms with Gasteiger partial charge in [-0.2, -0.15) is 0 Å². The zero-order valence-corrected chi connectivity index (χ0v) is 19.3. The number of rotatable bonds is 4. The molecule has 0 radical (unpaired) electrons. The average molecular weight is 451 g/mol. The van der Waals surface area contributed by atoms with E-state index < -0.39 is 0 Å². The number of hydrogen-bond donors (Lipinski definition) is 1. The Balaban J connectivity index is 1.33. The number of furan rings is 1. The predicted molar refractivity (Wildman–Crippen MR) is 133 cm³/mol. The van der Waals surface area contributed by atoms with Crippen molar-refractivity contribution in [3.8, 4) is 11.3 Å². The number of fused-ring (bicyclic) bond motifs is 1. The standard InChI is InChI=1S/C29H26N2O3/c1-19-10-12-21(13-11-19)29(33)31-15-14-26-23(18-31)17-27(34-26)22-7-5-8-24(16-22)30-28(32)25-9-4-3-6-20(25)2/h3-13,16-17H,14-15,18H2,1-2H3,(H,30,32). The number of carbonyl (C=O) groups excluding carboxylic acids is 2. The molecular formula is C29H26N2O3. The molecule has 170 valence electrons. The Morgan fingerprint density at radius 1 is 0.912 bits per heavy atom. The summed E-state index contributed by atoms with van der Waals surface area (Å²) in [6, 6.07) is 24.8. The van der Waals surface area contributed by atoms with Crippen molar-refractivity contribution in [1.82, 2.24) is 4.90 Å². The fraction of sp³-hybridized carbons (Fsp3) is 0.172. The Kier molecular flexibility index (Phi) is 5.76. The van der Waals surface area contributed by atoms with Crippen molar-refractivity contribution < 1.29 is 14.0 Å². The van der Waals surface area contributed by atoms with E-state index in [2.05, 4.69) is 5.32 Å². The largest absolute Gasteiger partial charge is 0.461 e. The van der Waals surface area contributed by atoms with Gasteiger partial charge in [-0.25, -0.2) is 0 Å². The van der Waals surface area contributed by atoms with Crippen molar-refractivity contribution >= 4 is 17.5 Å². The maximum atomic E-state index is 12.9. The van der Waals surface area contributed by atoms with E-state index in [0.29, 0.717) is 36.3 Å². The van der Waals surface area contributed by atoms with Crippen LogP contribution in [0.15, 0.2) is 83.3 Å². The highest BCUT2D eigenvalue weighted by Gasteiger charge is 2.25. The number of nitrogens with zero attached hydrogens (tertiary/aromatic N) is 1. The SMILES string of the molecule is Cc1ccc(C(=O)N2CCc3oc(-c4cccc(NC(=O)c5ccccc5C)c4)cc3C2)cc1. The first kappa shape index (κ1) is 21.7. The Morgan fingerprint density at radius 3 is 2.50 bits per heavy atom. The maximum Gasteiger partial charge on any atom is 0.255 e. The van der Waals surface area contributed by atoms with E-state index >= 15 is 0 Å². The highest BCUT2D eigenvalue weighted by molar-refractivity contribution is 6.05. The molecule has 5 nitrogen and oxygen atoms in total. The molecule has 0 saturated carbocycles. The first-order chi connectivity index (χ1) is 16.5. The van der Waals surface area contributed by atoms with Crippen LogP contribution in [0.1, 0.15) is 43.2 Å². The van der Waals surface area contributed by atoms with E-state index in [9.17, 15) is 9.59 Å². The number of amides is 2. The van der Waals surface area contributed by atoms with Crippen LogP contribution in [0.5, 0.6) is 0 Å². The number of anilines is 1. The third-order valence-corrected chi connectivity index (χ3v) is 6.25. The zero-order chi connectivity index (χ0) is 23.7. The van der Waals surface area contributed by atoms with Gasteiger partial charge in [0.05, 0.1) is 0 Å². The zero-order valence-electron chi connectivity index (χ0n) is 19.3. The smallest absolute Gasteiger partial charge is 0.255 e. The molecule has 0 spiro atoms. The second-order valence-corrected chi connectivity index (χ2v) is 8.75. The van der Waals surface area contributed by atoms with Gasteiger partial charge in [0, 0.05) is 47.5 Å². The normalized spacial score (nSPS) is 12.8. The molecule has 1 N–H and O–H groups in total. The summed E-state index contributed by atoms with van der Waals surface area (Å²) in [5.74, 6) is 1.55. The van der Waals surface area contributed by atoms with Crippen molar-refractivity contribution in [2.75, 3.05) is 11.9 Å². The molecule has 2 amide bonds. The summed E-state index contributed by atoms with van der Waals surface area (Å²) < 4.78 is 6.15. The Labute approximate surface area is 199 Å². The van der Waals surface area contributed by atoms with Gasteiger partial charge in [0.1, 0.15) is 11.5 Å². The predicted octanol–water partition coefficient (Wildman–Crippen LogP) is 6.01. The van der Waals surface area contributed by atoms with Crippen LogP contribution in [0.3, 0.4) is 0 Å². The molecule has 3 aromatic carbocycles. The lowest BCUT2D eigenvalue weighted by Crippen LogP contribution is -2.35. The van der Waals surface area contributed by atoms with Crippen LogP contribution in [0.2, 0.25) is 0 Å². The molecule has 0 saturated heterocycles. The van der Waals surface area contributed by atoms with Crippen molar-refractivity contribution in [3.63, 3.8) is 0 Å². The van der Waals surface area contributed by atoms with E-state index in [-0.39, 0.29) is 11.8 Å². The van der Waals surface area contributed by atoms with E-state index in [4.69, 9.17) is 4.42 Å². The fourth-order valence-electron chi connectivity index (χ4n) is 4.30. The molecule has 2 heterocycles. The highest BCUT2D eigenvalue weighted by atomic mass is 16.3. The summed E-state index contributed by atoms with van der Waals surface area (Å²) in [7, 11) is 0. The molecule has 0 aliphatic carbocycles. The van der Waals surface area contributed by atoms with Gasteiger partial charge in [0.2, 0.25) is 0 Å². The third-order valence-electron chi connectivity index (χ3n) is 6.25. The molecule has 4 aromatic rings. The molecule has 0 unspecified atom stereocenters. The van der Waals surface area contributed by atoms with Crippen LogP contribution in [0, 0.1) is 13.8 Å². The molecular weight excluding hydrogens is 424 g/mol. The minimum absolute atomic E-state index is 0.0364. The van der Waals surface area contributed by atoms with Crippen LogP contribution in [0.4, 0.5) is 5.69 Å². The number of benzene rings is 3. The van der Waals surface area contributed by atoms with Gasteiger partial charge in [-0.1, -0.05) is 48.0 Å². The number of aryl methyl sites for hydroxylation is 2. The van der Waals surface area contributed by atoms with Gasteiger partial charge in [-0.3, -0.25) is 9.59 Å². The Hall–Kier alpha value is -4.12. The maximum absolute atomic E-state index is 12.9. The average Bonchev–Trinajstić information content (AvgIpc) is 3.28. The summed E-state index contributed by atoms with van der Waals surface area (Å²) in [4.78, 5) is 27.5. The first-order valence-corrected chi connectivity index (χ1v) is 11.4. The lowest BCUT2D eigenvalue weighted by Gasteiger charge is -2.26. The van der Waals surface area contributed by atoms with Gasteiger partial charge in [-0.15, -0.1) is 0 Å². The summed E-state index contributed by atoms with van der Waals surface area (Å²) >= 11 is 0. The molecule has 1 aliphatic rings. The van der Waals surface area contributed by atoms with Crippen LogP contribution < -0.4 is 5.32 Å². The van der Waals surface area contributed by atoms with Crippen molar-refractivity contribution in [2.45, 2.75) is 26.8 Å². The second-order valence-electron chi connectivity index (χ2n) is 8.75. The summed E-state index contributed by atoms with van der Waals surface area (Å²) in [6.07, 6.45) is 0.677. The first-order valence-electron chi connectivity index (χ1n) is 11.4. The molecule has 5 rings (SSSR count). The monoisotopic (exact) mass is 450 g/mol. The van der Waals surface area contributed by atoms with E-state index in [1.165, 1.54) is 0 Å². The Bertz CT molecular complexity index is 1370. The lowest BCUT2D eigenvalue weighted by molar-refractivity contribution is 0.0730. The summed E-state index contributed by atoms with van der Waals surface area (Å²) in [5.41, 5.74) is 6.03. The van der Waals surface area contributed by atoms with E-state index in [0.717, 1.165) is 33.8 Å². The second kappa shape index (κ2) is 9.02. The topological polar surface area (TPSA) is 62.6 Å². The van der Waals surface area contributed by atoms with Crippen LogP contribution in [-0.2, 0) is 13.0 Å². The van der Waals surface area contributed by atoms with E-state index in [1.54, 1.807) is 0 Å². The fourth-order valence-corrected chi connectivity index (χ4v) is 4.30. The molecule has 5 heteroatoms. The van der Waals surface area contributed by atoms with Gasteiger partial charge in [-0.05, 0) is 55.8 Å². The van der Waals surface area contributed by atoms with Crippen LogP contribution >= 0.6 is 0 Å². The molecule has 34 heavy (non-hydrogen) atoms. The minimum atomic E-state index is -0.140. The molecule has 0 fully saturated rings. The quantitative estimate of drug-likeness (QED) is 0.414. The Morgan fingerprint density at radius 2 is 1.71 bits per heavy atom. The van der Waals surface area contributed by atoms with Crippen LogP contribution in [0.25, 0.3) is 11.3 Å². The lowest BCUT2D eigenvalue weighted by atomic mass is 10.1. The van der Waals surface area contributed by atoms with E-state index in [1.807, 2.05) is 97.6 Å². The summed E-state index contributed by atoms with van der Waals surface area (Å²) in [5, 5.41) is 2.98. The number of hydrogen-bond acceptors (Lipinski definition) is 3. The number of carbonyl (C=O) groups is 2. The van der Waals surface area contributed by atoms with Crippen molar-refractivity contribution in [1.29, 1.82) is 0 Å². The highest BCUT2D eigenvalue weighted by Crippen LogP contribution is 2.31. The molecule has 0 bridgehead atoms. The number of nitrogens with one attached hydrogen (secondary N) is 1. The molecule has 1 aromatic heterocycles. The third kappa shape index (κ3) is 4.37.